The van der Waals surface area contributed by atoms with E-state index >= 15 is 0 Å². The summed E-state index contributed by atoms with van der Waals surface area (Å²) in [7, 11) is 0. The van der Waals surface area contributed by atoms with Crippen LogP contribution in [0.1, 0.15) is 17.4 Å². The van der Waals surface area contributed by atoms with Gasteiger partial charge in [0.15, 0.2) is 6.61 Å². The molecular weight excluding hydrogens is 300 g/mol. The van der Waals surface area contributed by atoms with Crippen LogP contribution in [-0.2, 0) is 4.79 Å². The number of carbonyl (C=O) groups excluding carboxylic acids is 1. The summed E-state index contributed by atoms with van der Waals surface area (Å²) in [6, 6.07) is 9.12. The number of ether oxygens (including phenoxy) is 2. The van der Waals surface area contributed by atoms with Crippen LogP contribution in [0.3, 0.4) is 0 Å². The van der Waals surface area contributed by atoms with Gasteiger partial charge in [-0.2, -0.15) is 5.10 Å². The zero-order valence-electron chi connectivity index (χ0n) is 12.5. The molecule has 0 spiro atoms. The lowest BCUT2D eigenvalue weighted by molar-refractivity contribution is -0.123. The summed E-state index contributed by atoms with van der Waals surface area (Å²) in [4.78, 5) is 12.6. The maximum atomic E-state index is 11.6. The van der Waals surface area contributed by atoms with Gasteiger partial charge in [0.05, 0.1) is 12.8 Å². The Morgan fingerprint density at radius 2 is 1.91 bits per heavy atom. The monoisotopic (exact) mass is 318 g/mol. The first-order chi connectivity index (χ1) is 10.7. The van der Waals surface area contributed by atoms with Crippen LogP contribution in [0.2, 0.25) is 0 Å². The smallest absolute Gasteiger partial charge is 0.277 e. The number of hydrazone groups is 1. The number of nitrogens with one attached hydrogen (secondary N) is 1. The Morgan fingerprint density at radius 3 is 2.50 bits per heavy atom. The summed E-state index contributed by atoms with van der Waals surface area (Å²) in [6.07, 6.45) is 1.63. The van der Waals surface area contributed by atoms with Crippen molar-refractivity contribution < 1.29 is 14.3 Å². The van der Waals surface area contributed by atoms with Crippen LogP contribution >= 0.6 is 11.3 Å². The number of amides is 1. The largest absolute Gasteiger partial charge is 0.494 e. The molecule has 0 aliphatic rings. The maximum Gasteiger partial charge on any atom is 0.277 e. The van der Waals surface area contributed by atoms with Crippen molar-refractivity contribution in [3.8, 4) is 11.5 Å². The highest BCUT2D eigenvalue weighted by Crippen LogP contribution is 2.17. The lowest BCUT2D eigenvalue weighted by Crippen LogP contribution is -2.24. The average Bonchev–Trinajstić information content (AvgIpc) is 2.92. The van der Waals surface area contributed by atoms with Crippen LogP contribution < -0.4 is 14.9 Å². The van der Waals surface area contributed by atoms with Gasteiger partial charge in [-0.25, -0.2) is 5.43 Å². The van der Waals surface area contributed by atoms with E-state index < -0.39 is 0 Å². The third-order valence-corrected chi connectivity index (χ3v) is 3.73. The van der Waals surface area contributed by atoms with Crippen LogP contribution in [0.4, 0.5) is 0 Å². The van der Waals surface area contributed by atoms with Crippen molar-refractivity contribution in [3.63, 3.8) is 0 Å². The molecule has 1 heterocycles. The van der Waals surface area contributed by atoms with Gasteiger partial charge in [0.25, 0.3) is 5.91 Å². The fourth-order valence-electron chi connectivity index (χ4n) is 1.66. The first-order valence-electron chi connectivity index (χ1n) is 6.90. The fourth-order valence-corrected chi connectivity index (χ4v) is 2.45. The Kier molecular flexibility index (Phi) is 5.97. The average molecular weight is 318 g/mol. The SMILES string of the molecule is CCOc1ccc(OCC(=O)N/N=C/c2sccc2C)cc1. The van der Waals surface area contributed by atoms with Gasteiger partial charge in [-0.05, 0) is 55.1 Å². The number of rotatable bonds is 7. The van der Waals surface area contributed by atoms with E-state index in [-0.39, 0.29) is 12.5 Å². The number of hydrogen-bond donors (Lipinski definition) is 1. The third-order valence-electron chi connectivity index (χ3n) is 2.78. The number of carbonyl (C=O) groups is 1. The van der Waals surface area contributed by atoms with E-state index in [0.717, 1.165) is 16.2 Å². The highest BCUT2D eigenvalue weighted by Gasteiger charge is 2.02. The Bertz CT molecular complexity index is 635. The second-order valence-electron chi connectivity index (χ2n) is 4.45. The minimum atomic E-state index is -0.306. The third kappa shape index (κ3) is 4.89. The first kappa shape index (κ1) is 16.0. The summed E-state index contributed by atoms with van der Waals surface area (Å²) in [5, 5.41) is 5.89. The molecule has 5 nitrogen and oxygen atoms in total. The van der Waals surface area contributed by atoms with Gasteiger partial charge < -0.3 is 9.47 Å². The summed E-state index contributed by atoms with van der Waals surface area (Å²) < 4.78 is 10.7. The van der Waals surface area contributed by atoms with Crippen LogP contribution in [0.5, 0.6) is 11.5 Å². The predicted molar refractivity (Wildman–Crippen MR) is 87.9 cm³/mol. The van der Waals surface area contributed by atoms with Gasteiger partial charge in [0.1, 0.15) is 11.5 Å². The number of thiophene rings is 1. The van der Waals surface area contributed by atoms with Crippen molar-refractivity contribution >= 4 is 23.5 Å². The number of hydrogen-bond acceptors (Lipinski definition) is 5. The predicted octanol–water partition coefficient (Wildman–Crippen LogP) is 2.98. The van der Waals surface area contributed by atoms with Crippen LogP contribution in [0, 0.1) is 6.92 Å². The van der Waals surface area contributed by atoms with Gasteiger partial charge in [-0.15, -0.1) is 11.3 Å². The van der Waals surface area contributed by atoms with Gasteiger partial charge >= 0.3 is 0 Å². The quantitative estimate of drug-likeness (QED) is 0.630. The van der Waals surface area contributed by atoms with Gasteiger partial charge in [-0.3, -0.25) is 4.79 Å². The molecule has 0 fully saturated rings. The number of nitrogens with zero attached hydrogens (tertiary/aromatic N) is 1. The first-order valence-corrected chi connectivity index (χ1v) is 7.78. The second kappa shape index (κ2) is 8.19. The lowest BCUT2D eigenvalue weighted by atomic mass is 10.3. The zero-order chi connectivity index (χ0) is 15.8. The normalized spacial score (nSPS) is 10.6. The highest BCUT2D eigenvalue weighted by atomic mass is 32.1. The van der Waals surface area contributed by atoms with Crippen molar-refractivity contribution in [1.82, 2.24) is 5.43 Å². The Labute approximate surface area is 133 Å². The minimum absolute atomic E-state index is 0.0885. The van der Waals surface area contributed by atoms with Gasteiger partial charge in [0.2, 0.25) is 0 Å². The van der Waals surface area contributed by atoms with E-state index in [1.54, 1.807) is 41.8 Å². The molecule has 0 saturated carbocycles. The van der Waals surface area contributed by atoms with E-state index in [1.165, 1.54) is 0 Å². The van der Waals surface area contributed by atoms with E-state index in [0.29, 0.717) is 12.4 Å². The molecule has 0 atom stereocenters. The molecule has 1 N–H and O–H groups in total. The van der Waals surface area contributed by atoms with Gasteiger partial charge in [0, 0.05) is 4.88 Å². The molecular formula is C16H18N2O3S. The standard InChI is InChI=1S/C16H18N2O3S/c1-3-20-13-4-6-14(7-5-13)21-11-16(19)18-17-10-15-12(2)8-9-22-15/h4-10H,3,11H2,1-2H3,(H,18,19)/b17-10+. The molecule has 1 aromatic heterocycles. The molecule has 0 radical (unpaired) electrons. The number of benzene rings is 1. The van der Waals surface area contributed by atoms with E-state index in [4.69, 9.17) is 9.47 Å². The minimum Gasteiger partial charge on any atom is -0.494 e. The second-order valence-corrected chi connectivity index (χ2v) is 5.40. The molecule has 0 aliphatic heterocycles. The Morgan fingerprint density at radius 1 is 1.23 bits per heavy atom. The van der Waals surface area contributed by atoms with Gasteiger partial charge in [-0.1, -0.05) is 0 Å². The molecule has 2 aromatic rings. The van der Waals surface area contributed by atoms with Crippen molar-refractivity contribution in [2.45, 2.75) is 13.8 Å². The summed E-state index contributed by atoms with van der Waals surface area (Å²) in [5.74, 6) is 1.08. The summed E-state index contributed by atoms with van der Waals surface area (Å²) >= 11 is 1.57. The molecule has 1 aromatic carbocycles. The maximum absolute atomic E-state index is 11.6. The van der Waals surface area contributed by atoms with Crippen molar-refractivity contribution in [2.75, 3.05) is 13.2 Å². The van der Waals surface area contributed by atoms with Crippen LogP contribution in [0.25, 0.3) is 0 Å². The summed E-state index contributed by atoms with van der Waals surface area (Å²) in [6.45, 7) is 4.45. The van der Waals surface area contributed by atoms with Crippen molar-refractivity contribution in [1.29, 1.82) is 0 Å². The topological polar surface area (TPSA) is 59.9 Å². The molecule has 0 aliphatic carbocycles. The summed E-state index contributed by atoms with van der Waals surface area (Å²) in [5.41, 5.74) is 3.57. The molecule has 116 valence electrons. The van der Waals surface area contributed by atoms with Crippen molar-refractivity contribution in [2.24, 2.45) is 5.10 Å². The Hall–Kier alpha value is -2.34. The van der Waals surface area contributed by atoms with Crippen LogP contribution in [-0.4, -0.2) is 25.3 Å². The van der Waals surface area contributed by atoms with E-state index in [9.17, 15) is 4.79 Å². The molecule has 0 unspecified atom stereocenters. The van der Waals surface area contributed by atoms with E-state index in [1.807, 2.05) is 25.3 Å². The fraction of sp³-hybridized carbons (Fsp3) is 0.250. The van der Waals surface area contributed by atoms with Crippen LogP contribution in [0.15, 0.2) is 40.8 Å². The molecule has 2 rings (SSSR count). The molecule has 6 heteroatoms. The molecule has 0 bridgehead atoms. The Balaban J connectivity index is 1.75. The zero-order valence-corrected chi connectivity index (χ0v) is 13.4. The molecule has 22 heavy (non-hydrogen) atoms. The lowest BCUT2D eigenvalue weighted by Gasteiger charge is -2.06. The van der Waals surface area contributed by atoms with E-state index in [2.05, 4.69) is 10.5 Å². The number of aryl methyl sites for hydroxylation is 1. The molecule has 1 amide bonds. The highest BCUT2D eigenvalue weighted by molar-refractivity contribution is 7.11. The molecule has 0 saturated heterocycles. The van der Waals surface area contributed by atoms with Crippen molar-refractivity contribution in [3.05, 3.63) is 46.2 Å².